The maximum atomic E-state index is 13.5. The third-order valence-electron chi connectivity index (χ3n) is 6.95. The van der Waals surface area contributed by atoms with Crippen LogP contribution in [0.25, 0.3) is 10.9 Å². The Hall–Kier alpha value is -4.17. The zero-order chi connectivity index (χ0) is 26.5. The number of rotatable bonds is 8. The molecule has 0 spiro atoms. The minimum atomic E-state index is -0.514. The number of para-hydroxylation sites is 1. The Balaban J connectivity index is 1.30. The largest absolute Gasteiger partial charge is 0.493 e. The van der Waals surface area contributed by atoms with Gasteiger partial charge in [0.2, 0.25) is 0 Å². The first-order valence-electron chi connectivity index (χ1n) is 12.6. The molecule has 1 unspecified atom stereocenters. The number of amides is 1. The van der Waals surface area contributed by atoms with Crippen LogP contribution in [0.2, 0.25) is 0 Å². The van der Waals surface area contributed by atoms with E-state index in [-0.39, 0.29) is 18.5 Å². The lowest BCUT2D eigenvalue weighted by atomic mass is 9.88. The third kappa shape index (κ3) is 5.55. The molecule has 0 fully saturated rings. The Labute approximate surface area is 221 Å². The Morgan fingerprint density at radius 3 is 2.61 bits per heavy atom. The normalized spacial score (nSPS) is 15.1. The average molecular weight is 516 g/mol. The summed E-state index contributed by atoms with van der Waals surface area (Å²) in [7, 11) is 3.25. The number of methoxy groups -OCH3 is 2. The number of carbonyl (C=O) groups excluding carboxylic acids is 1. The number of hydrogen-bond donors (Lipinski definition) is 1. The zero-order valence-corrected chi connectivity index (χ0v) is 21.4. The molecule has 1 aromatic heterocycles. The molecule has 1 amide bonds. The van der Waals surface area contributed by atoms with Crippen LogP contribution in [0.4, 0.5) is 14.9 Å². The molecule has 7 nitrogen and oxygen atoms in total. The predicted octanol–water partition coefficient (Wildman–Crippen LogP) is 5.78. The van der Waals surface area contributed by atoms with Gasteiger partial charge in [-0.3, -0.25) is 15.2 Å². The molecule has 0 radical (unpaired) electrons. The molecule has 2 heterocycles. The van der Waals surface area contributed by atoms with Crippen molar-refractivity contribution in [3.05, 3.63) is 95.4 Å². The highest BCUT2D eigenvalue weighted by Crippen LogP contribution is 2.39. The van der Waals surface area contributed by atoms with Crippen molar-refractivity contribution in [1.29, 1.82) is 0 Å². The maximum absolute atomic E-state index is 13.5. The summed E-state index contributed by atoms with van der Waals surface area (Å²) >= 11 is 0. The van der Waals surface area contributed by atoms with Gasteiger partial charge in [-0.05, 0) is 65.9 Å². The lowest BCUT2D eigenvalue weighted by molar-refractivity contribution is 0.115. The number of hydrogen-bond acceptors (Lipinski definition) is 6. The highest BCUT2D eigenvalue weighted by Gasteiger charge is 2.29. The molecule has 1 aliphatic heterocycles. The number of benzene rings is 3. The Bertz CT molecular complexity index is 1420. The topological polar surface area (TPSA) is 72.9 Å². The van der Waals surface area contributed by atoms with E-state index in [0.29, 0.717) is 30.2 Å². The molecule has 3 aromatic carbocycles. The Kier molecular flexibility index (Phi) is 7.70. The van der Waals surface area contributed by atoms with Gasteiger partial charge in [0.1, 0.15) is 12.4 Å². The number of pyridine rings is 1. The molecule has 1 atom stereocenters. The molecule has 38 heavy (non-hydrogen) atoms. The second kappa shape index (κ2) is 11.5. The van der Waals surface area contributed by atoms with Crippen LogP contribution in [0.3, 0.4) is 0 Å². The second-order valence-electron chi connectivity index (χ2n) is 9.17. The van der Waals surface area contributed by atoms with Gasteiger partial charge in [0, 0.05) is 30.7 Å². The van der Waals surface area contributed by atoms with Crippen molar-refractivity contribution in [3.63, 3.8) is 0 Å². The van der Waals surface area contributed by atoms with Gasteiger partial charge in [-0.1, -0.05) is 30.3 Å². The highest BCUT2D eigenvalue weighted by atomic mass is 19.1. The van der Waals surface area contributed by atoms with Gasteiger partial charge < -0.3 is 14.2 Å². The van der Waals surface area contributed by atoms with Crippen molar-refractivity contribution in [2.75, 3.05) is 39.2 Å². The fourth-order valence-electron chi connectivity index (χ4n) is 5.04. The number of aromatic nitrogens is 1. The van der Waals surface area contributed by atoms with E-state index in [4.69, 9.17) is 14.2 Å². The first-order chi connectivity index (χ1) is 18.6. The van der Waals surface area contributed by atoms with Crippen LogP contribution in [-0.4, -0.2) is 49.9 Å². The van der Waals surface area contributed by atoms with Gasteiger partial charge in [0.05, 0.1) is 25.4 Å². The first-order valence-corrected chi connectivity index (χ1v) is 12.6. The minimum Gasteiger partial charge on any atom is -0.493 e. The van der Waals surface area contributed by atoms with Gasteiger partial charge in [0.15, 0.2) is 11.5 Å². The first kappa shape index (κ1) is 25.5. The molecule has 196 valence electrons. The van der Waals surface area contributed by atoms with Gasteiger partial charge >= 0.3 is 6.09 Å². The van der Waals surface area contributed by atoms with Gasteiger partial charge in [-0.25, -0.2) is 9.18 Å². The summed E-state index contributed by atoms with van der Waals surface area (Å²) in [5.74, 6) is 1.10. The van der Waals surface area contributed by atoms with E-state index in [1.807, 2.05) is 48.5 Å². The quantitative estimate of drug-likeness (QED) is 0.321. The molecule has 8 heteroatoms. The van der Waals surface area contributed by atoms with Crippen LogP contribution in [0.15, 0.2) is 72.9 Å². The van der Waals surface area contributed by atoms with Gasteiger partial charge in [0.25, 0.3) is 0 Å². The van der Waals surface area contributed by atoms with E-state index in [1.54, 1.807) is 26.5 Å². The lowest BCUT2D eigenvalue weighted by Gasteiger charge is -2.38. The van der Waals surface area contributed by atoms with Crippen molar-refractivity contribution in [2.45, 2.75) is 18.9 Å². The van der Waals surface area contributed by atoms with Crippen LogP contribution in [0, 0.1) is 5.82 Å². The summed E-state index contributed by atoms with van der Waals surface area (Å²) in [6, 6.07) is 20.0. The third-order valence-corrected chi connectivity index (χ3v) is 6.95. The summed E-state index contributed by atoms with van der Waals surface area (Å²) in [5, 5.41) is 3.69. The fourth-order valence-corrected chi connectivity index (χ4v) is 5.04. The molecule has 0 aliphatic carbocycles. The molecule has 4 aromatic rings. The number of ether oxygens (including phenoxy) is 3. The minimum absolute atomic E-state index is 0.000167. The van der Waals surface area contributed by atoms with Crippen molar-refractivity contribution in [2.24, 2.45) is 0 Å². The summed E-state index contributed by atoms with van der Waals surface area (Å²) in [6.45, 7) is 1.55. The fraction of sp³-hybridized carbons (Fsp3) is 0.267. The summed E-state index contributed by atoms with van der Waals surface area (Å²) in [5.41, 5.74) is 4.79. The standard InChI is InChI=1S/C30H30FN3O4/c1-36-28-18-21-12-14-34(27(24(21)19-29(28)37-2)17-20-7-9-22(31)10-8-20)15-16-38-30(35)33-26-11-13-32-25-6-4-3-5-23(25)26/h3-11,13,18-19,27H,12,14-17H2,1-2H3,(H,32,33,35). The molecule has 1 aliphatic rings. The number of fused-ring (bicyclic) bond motifs is 2. The van der Waals surface area contributed by atoms with E-state index in [1.165, 1.54) is 17.7 Å². The number of anilines is 1. The van der Waals surface area contributed by atoms with E-state index in [0.717, 1.165) is 35.0 Å². The molecule has 0 bridgehead atoms. The lowest BCUT2D eigenvalue weighted by Crippen LogP contribution is -2.39. The monoisotopic (exact) mass is 515 g/mol. The Morgan fingerprint density at radius 1 is 1.05 bits per heavy atom. The summed E-state index contributed by atoms with van der Waals surface area (Å²) in [4.78, 5) is 19.2. The molecular weight excluding hydrogens is 485 g/mol. The number of nitrogens with zero attached hydrogens (tertiary/aromatic N) is 2. The van der Waals surface area contributed by atoms with Crippen LogP contribution >= 0.6 is 0 Å². The number of carbonyl (C=O) groups is 1. The SMILES string of the molecule is COc1cc2c(cc1OC)C(Cc1ccc(F)cc1)N(CCOC(=O)Nc1ccnc3ccccc13)CC2. The Morgan fingerprint density at radius 2 is 1.82 bits per heavy atom. The highest BCUT2D eigenvalue weighted by molar-refractivity contribution is 5.98. The summed E-state index contributed by atoms with van der Waals surface area (Å²) < 4.78 is 30.2. The van der Waals surface area contributed by atoms with Crippen molar-refractivity contribution in [3.8, 4) is 11.5 Å². The van der Waals surface area contributed by atoms with E-state index >= 15 is 0 Å². The number of halogens is 1. The molecular formula is C30H30FN3O4. The number of nitrogens with one attached hydrogen (secondary N) is 1. The van der Waals surface area contributed by atoms with E-state index < -0.39 is 6.09 Å². The molecule has 5 rings (SSSR count). The zero-order valence-electron chi connectivity index (χ0n) is 21.4. The van der Waals surface area contributed by atoms with Crippen LogP contribution < -0.4 is 14.8 Å². The van der Waals surface area contributed by atoms with Crippen LogP contribution in [0.5, 0.6) is 11.5 Å². The van der Waals surface area contributed by atoms with Crippen LogP contribution in [-0.2, 0) is 17.6 Å². The van der Waals surface area contributed by atoms with Crippen molar-refractivity contribution < 1.29 is 23.4 Å². The summed E-state index contributed by atoms with van der Waals surface area (Å²) in [6.07, 6.45) is 2.65. The van der Waals surface area contributed by atoms with Gasteiger partial charge in [-0.15, -0.1) is 0 Å². The van der Waals surface area contributed by atoms with E-state index in [2.05, 4.69) is 15.2 Å². The maximum Gasteiger partial charge on any atom is 0.411 e. The van der Waals surface area contributed by atoms with Crippen molar-refractivity contribution in [1.82, 2.24) is 9.88 Å². The predicted molar refractivity (Wildman–Crippen MR) is 144 cm³/mol. The second-order valence-corrected chi connectivity index (χ2v) is 9.17. The van der Waals surface area contributed by atoms with Crippen LogP contribution in [0.1, 0.15) is 22.7 Å². The molecule has 0 saturated carbocycles. The molecule has 0 saturated heterocycles. The smallest absolute Gasteiger partial charge is 0.411 e. The van der Waals surface area contributed by atoms with E-state index in [9.17, 15) is 9.18 Å². The van der Waals surface area contributed by atoms with Gasteiger partial charge in [-0.2, -0.15) is 0 Å². The average Bonchev–Trinajstić information content (AvgIpc) is 2.94. The molecule has 1 N–H and O–H groups in total. The van der Waals surface area contributed by atoms with Crippen molar-refractivity contribution >= 4 is 22.7 Å².